The lowest BCUT2D eigenvalue weighted by Crippen LogP contribution is -2.47. The highest BCUT2D eigenvalue weighted by Crippen LogP contribution is 2.39. The molecule has 0 bridgehead atoms. The maximum Gasteiger partial charge on any atom is 0.257 e. The monoisotopic (exact) mass is 930 g/mol. The fraction of sp³-hybridized carbons (Fsp3) is 0.462. The minimum atomic E-state index is -0.842. The van der Waals surface area contributed by atoms with Crippen molar-refractivity contribution in [3.8, 4) is 0 Å². The van der Waals surface area contributed by atoms with E-state index in [4.69, 9.17) is 9.97 Å². The molecule has 6 rings (SSSR count). The van der Waals surface area contributed by atoms with Gasteiger partial charge < -0.3 is 40.8 Å². The maximum atomic E-state index is 13.6. The summed E-state index contributed by atoms with van der Waals surface area (Å²) >= 11 is 0. The van der Waals surface area contributed by atoms with Crippen LogP contribution in [0.5, 0.6) is 0 Å². The number of fused-ring (bicyclic) bond motifs is 1. The van der Waals surface area contributed by atoms with E-state index in [1.807, 2.05) is 44.0 Å². The molecule has 4 N–H and O–H groups in total. The minimum absolute atomic E-state index is 0.0223. The molecule has 1 fully saturated rings. The normalized spacial score (nSPS) is 14.3. The number of likely N-dealkylation sites (N-methyl/N-ethyl adjacent to an activating group) is 2. The van der Waals surface area contributed by atoms with Crippen molar-refractivity contribution >= 4 is 64.9 Å². The fourth-order valence-corrected chi connectivity index (χ4v) is 8.65. The van der Waals surface area contributed by atoms with E-state index in [1.165, 1.54) is 24.6 Å². The molecule has 3 amide bonds. The van der Waals surface area contributed by atoms with Crippen LogP contribution < -0.4 is 31.1 Å². The van der Waals surface area contributed by atoms with E-state index < -0.39 is 11.9 Å². The molecule has 1 aliphatic heterocycles. The van der Waals surface area contributed by atoms with Crippen molar-refractivity contribution in [3.63, 3.8) is 0 Å². The van der Waals surface area contributed by atoms with Crippen molar-refractivity contribution in [2.75, 3.05) is 87.4 Å². The Labute approximate surface area is 402 Å². The number of aryl methyl sites for hydroxylation is 1. The van der Waals surface area contributed by atoms with Crippen molar-refractivity contribution in [2.24, 2.45) is 0 Å². The van der Waals surface area contributed by atoms with Gasteiger partial charge in [-0.1, -0.05) is 64.8 Å². The Morgan fingerprint density at radius 3 is 2.35 bits per heavy atom. The van der Waals surface area contributed by atoms with E-state index in [0.717, 1.165) is 94.6 Å². The number of aromatic nitrogens is 3. The van der Waals surface area contributed by atoms with Crippen LogP contribution in [-0.4, -0.2) is 128 Å². The Bertz CT molecular complexity index is 2350. The number of nitrogens with one attached hydrogen (secondary N) is 4. The van der Waals surface area contributed by atoms with Crippen LogP contribution >= 0.6 is 0 Å². The highest BCUT2D eigenvalue weighted by atomic mass is 16.2. The van der Waals surface area contributed by atoms with E-state index in [0.29, 0.717) is 48.2 Å². The third kappa shape index (κ3) is 13.3. The summed E-state index contributed by atoms with van der Waals surface area (Å²) in [5, 5.41) is 12.1. The zero-order valence-electron chi connectivity index (χ0n) is 41.1. The predicted molar refractivity (Wildman–Crippen MR) is 272 cm³/mol. The molecule has 0 saturated carbocycles. The van der Waals surface area contributed by atoms with E-state index in [1.54, 1.807) is 30.5 Å². The van der Waals surface area contributed by atoms with Crippen LogP contribution in [0.4, 0.5) is 34.6 Å². The second kappa shape index (κ2) is 25.5. The summed E-state index contributed by atoms with van der Waals surface area (Å²) < 4.78 is 0. The van der Waals surface area contributed by atoms with Gasteiger partial charge in [-0.25, -0.2) is 9.97 Å². The van der Waals surface area contributed by atoms with Gasteiger partial charge in [-0.3, -0.25) is 24.1 Å². The number of rotatable bonds is 23. The van der Waals surface area contributed by atoms with Crippen LogP contribution in [0.15, 0.2) is 73.4 Å². The molecule has 0 spiro atoms. The lowest BCUT2D eigenvalue weighted by atomic mass is 9.90. The number of benzene rings is 2. The van der Waals surface area contributed by atoms with Crippen LogP contribution in [0, 0.1) is 0 Å². The number of hydrogen-bond donors (Lipinski definition) is 4. The van der Waals surface area contributed by atoms with Gasteiger partial charge in [0.2, 0.25) is 11.9 Å². The topological polar surface area (TPSA) is 185 Å². The summed E-state index contributed by atoms with van der Waals surface area (Å²) in [4.78, 5) is 84.9. The summed E-state index contributed by atoms with van der Waals surface area (Å²) in [5.74, 6) is 0.397. The second-order valence-electron chi connectivity index (χ2n) is 17.6. The molecular formula is C52H71N11O5. The van der Waals surface area contributed by atoms with E-state index in [-0.39, 0.29) is 41.2 Å². The molecule has 2 aliphatic rings. The highest BCUT2D eigenvalue weighted by molar-refractivity contribution is 6.07. The largest absolute Gasteiger partial charge is 0.384 e. The van der Waals surface area contributed by atoms with E-state index in [9.17, 15) is 24.0 Å². The maximum absolute atomic E-state index is 13.6. The molecular weight excluding hydrogens is 859 g/mol. The summed E-state index contributed by atoms with van der Waals surface area (Å²) in [6.45, 7) is 17.9. The number of aldehydes is 2. The van der Waals surface area contributed by atoms with Gasteiger partial charge in [-0.05, 0) is 80.6 Å². The Morgan fingerprint density at radius 2 is 1.66 bits per heavy atom. The molecule has 3 heterocycles. The molecule has 0 radical (unpaired) electrons. The Morgan fingerprint density at radius 1 is 0.926 bits per heavy atom. The smallest absolute Gasteiger partial charge is 0.257 e. The SMILES string of the molecule is C=CCNC(=O)c1cnc(Nc2ccc(N3CCN(CCCCCCNc4cccc(C=O)c4C(=O)N(C)C(CCC=O)C(=O)NC)CC3)cc2)nc1N(C)c1ccc2c(n1)C(C)(C)CC2.CC. The van der Waals surface area contributed by atoms with Gasteiger partial charge in [0.25, 0.3) is 11.8 Å². The van der Waals surface area contributed by atoms with Gasteiger partial charge in [0, 0.05) is 101 Å². The molecule has 16 nitrogen and oxygen atoms in total. The van der Waals surface area contributed by atoms with Gasteiger partial charge in [0.05, 0.1) is 11.3 Å². The molecule has 364 valence electrons. The number of unbranched alkanes of at least 4 members (excludes halogenated alkanes) is 3. The second-order valence-corrected chi connectivity index (χ2v) is 17.6. The average Bonchev–Trinajstić information content (AvgIpc) is 3.68. The summed E-state index contributed by atoms with van der Waals surface area (Å²) in [6, 6.07) is 16.6. The molecule has 1 unspecified atom stereocenters. The van der Waals surface area contributed by atoms with Crippen molar-refractivity contribution in [3.05, 3.63) is 101 Å². The Balaban J connectivity index is 0.00000426. The average molecular weight is 930 g/mol. The van der Waals surface area contributed by atoms with Gasteiger partial charge in [0.1, 0.15) is 23.7 Å². The number of nitrogens with zero attached hydrogens (tertiary/aromatic N) is 7. The molecule has 1 saturated heterocycles. The fourth-order valence-electron chi connectivity index (χ4n) is 8.65. The van der Waals surface area contributed by atoms with E-state index >= 15 is 0 Å². The third-order valence-electron chi connectivity index (χ3n) is 12.6. The molecule has 16 heteroatoms. The number of hydrogen-bond acceptors (Lipinski definition) is 13. The lowest BCUT2D eigenvalue weighted by Gasteiger charge is -2.36. The first-order valence-corrected chi connectivity index (χ1v) is 24.0. The van der Waals surface area contributed by atoms with Crippen molar-refractivity contribution in [2.45, 2.75) is 90.5 Å². The Hall–Kier alpha value is -6.68. The van der Waals surface area contributed by atoms with E-state index in [2.05, 4.69) is 74.7 Å². The van der Waals surface area contributed by atoms with Crippen LogP contribution in [0.2, 0.25) is 0 Å². The third-order valence-corrected chi connectivity index (χ3v) is 12.6. The first-order chi connectivity index (χ1) is 32.9. The van der Waals surface area contributed by atoms with Crippen LogP contribution in [0.25, 0.3) is 0 Å². The molecule has 1 atom stereocenters. The Kier molecular flexibility index (Phi) is 19.6. The number of anilines is 6. The minimum Gasteiger partial charge on any atom is -0.384 e. The molecule has 2 aromatic carbocycles. The quantitative estimate of drug-likeness (QED) is 0.0330. The van der Waals surface area contributed by atoms with Gasteiger partial charge >= 0.3 is 0 Å². The molecule has 1 aliphatic carbocycles. The number of carbonyl (C=O) groups excluding carboxylic acids is 5. The molecule has 68 heavy (non-hydrogen) atoms. The highest BCUT2D eigenvalue weighted by Gasteiger charge is 2.33. The van der Waals surface area contributed by atoms with Crippen molar-refractivity contribution < 1.29 is 24.0 Å². The summed E-state index contributed by atoms with van der Waals surface area (Å²) in [5.41, 5.74) is 5.64. The molecule has 4 aromatic rings. The lowest BCUT2D eigenvalue weighted by molar-refractivity contribution is -0.125. The van der Waals surface area contributed by atoms with Crippen molar-refractivity contribution in [1.82, 2.24) is 35.4 Å². The summed E-state index contributed by atoms with van der Waals surface area (Å²) in [7, 11) is 4.88. The number of amides is 3. The standard InChI is InChI=1S/C50H65N11O5.C2H6/c1-7-25-53-46(64)39-33-54-49(57-45(39)59(6)42-22-17-35-23-24-50(2,3)44(35)56-42)55-37-18-20-38(21-19-37)61-30-28-60(29-31-61)27-11-9-8-10-26-52-40-15-12-14-36(34-63)43(40)48(66)58(5)41(16-13-32-62)47(65)51-4;1-2/h7,12,14-15,17-22,32-34,41,52H,1,8-11,13,16,23-31H2,2-6H3,(H,51,65)(H,53,64)(H,54,55,57);1-2H3. The predicted octanol–water partition coefficient (Wildman–Crippen LogP) is 7.32. The van der Waals surface area contributed by atoms with Crippen LogP contribution in [0.1, 0.15) is 115 Å². The number of carbonyl (C=O) groups is 5. The van der Waals surface area contributed by atoms with Crippen molar-refractivity contribution in [1.29, 1.82) is 0 Å². The van der Waals surface area contributed by atoms with Gasteiger partial charge in [0.15, 0.2) is 12.1 Å². The number of piperazine rings is 1. The zero-order chi connectivity index (χ0) is 49.2. The van der Waals surface area contributed by atoms with Crippen LogP contribution in [-0.2, 0) is 21.4 Å². The van der Waals surface area contributed by atoms with Crippen LogP contribution in [0.3, 0.4) is 0 Å². The first-order valence-electron chi connectivity index (χ1n) is 24.0. The number of pyridine rings is 1. The first kappa shape index (κ1) is 52.3. The van der Waals surface area contributed by atoms with Gasteiger partial charge in [-0.2, -0.15) is 4.98 Å². The summed E-state index contributed by atoms with van der Waals surface area (Å²) in [6.07, 6.45) is 11.0. The molecule has 2 aromatic heterocycles. The van der Waals surface area contributed by atoms with Gasteiger partial charge in [-0.15, -0.1) is 6.58 Å². The zero-order valence-corrected chi connectivity index (χ0v) is 41.1.